The van der Waals surface area contributed by atoms with Gasteiger partial charge in [-0.1, -0.05) is 12.2 Å². The van der Waals surface area contributed by atoms with Gasteiger partial charge in [-0.15, -0.1) is 0 Å². The molecule has 2 spiro atoms. The van der Waals surface area contributed by atoms with E-state index in [-0.39, 0.29) is 24.3 Å². The predicted octanol–water partition coefficient (Wildman–Crippen LogP) is 0.747. The number of hydrogen-bond acceptors (Lipinski definition) is 5. The van der Waals surface area contributed by atoms with Crippen LogP contribution in [-0.4, -0.2) is 41.3 Å². The summed E-state index contributed by atoms with van der Waals surface area (Å²) in [6.07, 6.45) is 5.96. The Labute approximate surface area is 122 Å². The highest BCUT2D eigenvalue weighted by atomic mass is 16.6. The molecule has 1 N–H and O–H groups in total. The fourth-order valence-electron chi connectivity index (χ4n) is 5.86. The van der Waals surface area contributed by atoms with E-state index >= 15 is 0 Å². The quantitative estimate of drug-likeness (QED) is 0.526. The van der Waals surface area contributed by atoms with Crippen molar-refractivity contribution in [1.29, 1.82) is 0 Å². The zero-order valence-electron chi connectivity index (χ0n) is 11.7. The fourth-order valence-corrected chi connectivity index (χ4v) is 5.86. The number of ether oxygens (including phenoxy) is 2. The van der Waals surface area contributed by atoms with E-state index in [1.807, 2.05) is 6.08 Å². The van der Waals surface area contributed by atoms with Gasteiger partial charge in [-0.05, 0) is 25.7 Å². The maximum absolute atomic E-state index is 12.6. The molecule has 6 atom stereocenters. The van der Waals surface area contributed by atoms with Crippen LogP contribution in [0.5, 0.6) is 0 Å². The molecule has 5 heteroatoms. The summed E-state index contributed by atoms with van der Waals surface area (Å²) in [4.78, 5) is 25.0. The standard InChI is InChI=1S/C16H18O5/c17-10-2-1-4-14-8-20-13(19)16(21-12(10)14)6-9-3-5-15(14,16)7-11(9)18/h1,4,9-10,12,17H,2-3,5-8H2/t9?,10?,12-,14?,15?,16-/m0/s1. The molecule has 5 fully saturated rings. The van der Waals surface area contributed by atoms with Crippen LogP contribution in [0.1, 0.15) is 32.1 Å². The number of carbonyl (C=O) groups is 2. The number of aliphatic hydroxyl groups is 1. The van der Waals surface area contributed by atoms with Crippen LogP contribution in [0.2, 0.25) is 0 Å². The molecule has 0 aromatic rings. The summed E-state index contributed by atoms with van der Waals surface area (Å²) in [7, 11) is 0. The Morgan fingerprint density at radius 1 is 1.33 bits per heavy atom. The van der Waals surface area contributed by atoms with Gasteiger partial charge < -0.3 is 14.6 Å². The first-order valence-electron chi connectivity index (χ1n) is 7.78. The SMILES string of the molecule is O=C1CC23CCC1C[C@@]21O[C@H]2C(O)CC=CC23COC1=O. The lowest BCUT2D eigenvalue weighted by molar-refractivity contribution is -0.216. The third-order valence-corrected chi connectivity index (χ3v) is 6.80. The summed E-state index contributed by atoms with van der Waals surface area (Å²) in [5, 5.41) is 10.4. The topological polar surface area (TPSA) is 72.8 Å². The number of Topliss-reactive ketones (excluding diaryl/α,β-unsaturated/α-hetero) is 1. The Kier molecular flexibility index (Phi) is 2.01. The normalized spacial score (nSPS) is 56.9. The molecular formula is C16H18O5. The lowest BCUT2D eigenvalue weighted by Crippen LogP contribution is -2.69. The van der Waals surface area contributed by atoms with Gasteiger partial charge in [-0.25, -0.2) is 4.79 Å². The molecule has 6 rings (SSSR count). The maximum atomic E-state index is 12.6. The molecule has 0 amide bonds. The molecule has 6 aliphatic rings. The summed E-state index contributed by atoms with van der Waals surface area (Å²) in [5.74, 6) is -0.153. The Balaban J connectivity index is 1.79. The van der Waals surface area contributed by atoms with Gasteiger partial charge in [0.1, 0.15) is 12.4 Å². The Morgan fingerprint density at radius 2 is 2.19 bits per heavy atom. The van der Waals surface area contributed by atoms with Crippen LogP contribution in [0, 0.1) is 16.7 Å². The van der Waals surface area contributed by atoms with Gasteiger partial charge in [0, 0.05) is 17.8 Å². The second-order valence-corrected chi connectivity index (χ2v) is 7.35. The summed E-state index contributed by atoms with van der Waals surface area (Å²) < 4.78 is 11.7. The van der Waals surface area contributed by atoms with Crippen LogP contribution in [0.15, 0.2) is 12.2 Å². The molecular weight excluding hydrogens is 272 g/mol. The lowest BCUT2D eigenvalue weighted by atomic mass is 9.42. The molecule has 0 radical (unpaired) electrons. The number of carbonyl (C=O) groups excluding carboxylic acids is 2. The van der Waals surface area contributed by atoms with Gasteiger partial charge >= 0.3 is 5.97 Å². The van der Waals surface area contributed by atoms with E-state index in [9.17, 15) is 14.7 Å². The van der Waals surface area contributed by atoms with E-state index in [2.05, 4.69) is 6.08 Å². The molecule has 0 aromatic carbocycles. The molecule has 4 unspecified atom stereocenters. The highest BCUT2D eigenvalue weighted by molar-refractivity contribution is 5.92. The van der Waals surface area contributed by atoms with Crippen molar-refractivity contribution >= 4 is 11.8 Å². The first-order valence-corrected chi connectivity index (χ1v) is 7.78. The molecule has 5 nitrogen and oxygen atoms in total. The van der Waals surface area contributed by atoms with E-state index in [1.165, 1.54) is 0 Å². The molecule has 4 bridgehead atoms. The largest absolute Gasteiger partial charge is 0.462 e. The molecule has 21 heavy (non-hydrogen) atoms. The number of fused-ring (bicyclic) bond motifs is 2. The molecule has 2 aliphatic heterocycles. The van der Waals surface area contributed by atoms with Crippen molar-refractivity contribution in [1.82, 2.24) is 0 Å². The molecule has 0 aromatic heterocycles. The summed E-state index contributed by atoms with van der Waals surface area (Å²) in [6.45, 7) is 0.226. The number of ketones is 1. The minimum atomic E-state index is -1.01. The first-order chi connectivity index (χ1) is 10.0. The number of esters is 1. The highest BCUT2D eigenvalue weighted by Gasteiger charge is 2.82. The van der Waals surface area contributed by atoms with Crippen LogP contribution in [0.3, 0.4) is 0 Å². The van der Waals surface area contributed by atoms with E-state index in [4.69, 9.17) is 9.47 Å². The Bertz CT molecular complexity index is 597. The van der Waals surface area contributed by atoms with Gasteiger partial charge in [-0.2, -0.15) is 0 Å². The van der Waals surface area contributed by atoms with Crippen LogP contribution in [-0.2, 0) is 19.1 Å². The van der Waals surface area contributed by atoms with Crippen molar-refractivity contribution in [2.45, 2.75) is 49.9 Å². The Morgan fingerprint density at radius 3 is 3.00 bits per heavy atom. The third kappa shape index (κ3) is 1.06. The van der Waals surface area contributed by atoms with E-state index in [1.54, 1.807) is 0 Å². The number of hydrogen-bond donors (Lipinski definition) is 1. The monoisotopic (exact) mass is 290 g/mol. The summed E-state index contributed by atoms with van der Waals surface area (Å²) in [6, 6.07) is 0. The summed E-state index contributed by atoms with van der Waals surface area (Å²) >= 11 is 0. The second-order valence-electron chi connectivity index (χ2n) is 7.35. The van der Waals surface area contributed by atoms with E-state index in [0.717, 1.165) is 12.8 Å². The van der Waals surface area contributed by atoms with Gasteiger partial charge in [0.05, 0.1) is 17.6 Å². The zero-order valence-corrected chi connectivity index (χ0v) is 11.7. The van der Waals surface area contributed by atoms with E-state index < -0.39 is 28.6 Å². The van der Waals surface area contributed by atoms with Crippen molar-refractivity contribution in [2.24, 2.45) is 16.7 Å². The first kappa shape index (κ1) is 12.4. The van der Waals surface area contributed by atoms with Crippen molar-refractivity contribution < 1.29 is 24.2 Å². The van der Waals surface area contributed by atoms with Gasteiger partial charge in [0.25, 0.3) is 0 Å². The third-order valence-electron chi connectivity index (χ3n) is 6.80. The van der Waals surface area contributed by atoms with Gasteiger partial charge in [0.2, 0.25) is 0 Å². The van der Waals surface area contributed by atoms with Crippen LogP contribution < -0.4 is 0 Å². The molecule has 2 saturated heterocycles. The van der Waals surface area contributed by atoms with Crippen molar-refractivity contribution in [3.63, 3.8) is 0 Å². The summed E-state index contributed by atoms with van der Waals surface area (Å²) in [5.41, 5.74) is -2.05. The predicted molar refractivity (Wildman–Crippen MR) is 70.2 cm³/mol. The van der Waals surface area contributed by atoms with Gasteiger partial charge in [-0.3, -0.25) is 4.79 Å². The Hall–Kier alpha value is -1.20. The minimum Gasteiger partial charge on any atom is -0.462 e. The maximum Gasteiger partial charge on any atom is 0.339 e. The molecule has 112 valence electrons. The average molecular weight is 290 g/mol. The van der Waals surface area contributed by atoms with Crippen molar-refractivity contribution in [3.8, 4) is 0 Å². The van der Waals surface area contributed by atoms with Crippen LogP contribution >= 0.6 is 0 Å². The minimum absolute atomic E-state index is 0.0872. The van der Waals surface area contributed by atoms with E-state index in [0.29, 0.717) is 19.3 Å². The second kappa shape index (κ2) is 3.41. The number of aliphatic hydroxyl groups excluding tert-OH is 1. The van der Waals surface area contributed by atoms with Crippen molar-refractivity contribution in [2.75, 3.05) is 6.61 Å². The molecule has 4 aliphatic carbocycles. The van der Waals surface area contributed by atoms with Crippen LogP contribution in [0.25, 0.3) is 0 Å². The van der Waals surface area contributed by atoms with Crippen molar-refractivity contribution in [3.05, 3.63) is 12.2 Å². The molecule has 2 heterocycles. The lowest BCUT2D eigenvalue weighted by Gasteiger charge is -2.60. The number of cyclic esters (lactones) is 1. The fraction of sp³-hybridized carbons (Fsp3) is 0.750. The highest BCUT2D eigenvalue weighted by Crippen LogP contribution is 2.73. The van der Waals surface area contributed by atoms with Crippen LogP contribution in [0.4, 0.5) is 0 Å². The average Bonchev–Trinajstić information content (AvgIpc) is 2.66. The number of rotatable bonds is 0. The molecule has 3 saturated carbocycles. The smallest absolute Gasteiger partial charge is 0.339 e. The van der Waals surface area contributed by atoms with Gasteiger partial charge in [0.15, 0.2) is 5.60 Å². The zero-order chi connectivity index (χ0) is 14.5.